The third-order valence-electron chi connectivity index (χ3n) is 4.23. The minimum atomic E-state index is -0.0801. The smallest absolute Gasteiger partial charge is 0.256 e. The quantitative estimate of drug-likeness (QED) is 0.548. The number of allylic oxidation sites excluding steroid dienone is 1. The zero-order valence-corrected chi connectivity index (χ0v) is 15.6. The van der Waals surface area contributed by atoms with Crippen molar-refractivity contribution < 1.29 is 4.79 Å². The molecule has 1 heterocycles. The van der Waals surface area contributed by atoms with Gasteiger partial charge in [0.1, 0.15) is 4.99 Å². The molecule has 0 saturated heterocycles. The van der Waals surface area contributed by atoms with Crippen LogP contribution in [0.15, 0.2) is 53.4 Å². The second-order valence-corrected chi connectivity index (χ2v) is 7.44. The van der Waals surface area contributed by atoms with E-state index in [9.17, 15) is 4.79 Å². The summed E-state index contributed by atoms with van der Waals surface area (Å²) in [7, 11) is 0. The molecule has 24 heavy (non-hydrogen) atoms. The summed E-state index contributed by atoms with van der Waals surface area (Å²) >= 11 is 7.12. The number of fused-ring (bicyclic) bond motifs is 1. The number of anilines is 1. The maximum Gasteiger partial charge on any atom is 0.256 e. The topological polar surface area (TPSA) is 20.3 Å². The molecule has 0 atom stereocenters. The van der Waals surface area contributed by atoms with Gasteiger partial charge in [-0.15, -0.1) is 11.8 Å². The van der Waals surface area contributed by atoms with Gasteiger partial charge in [-0.3, -0.25) is 9.69 Å². The van der Waals surface area contributed by atoms with Crippen molar-refractivity contribution in [3.05, 3.63) is 65.2 Å². The van der Waals surface area contributed by atoms with Crippen LogP contribution in [0.4, 0.5) is 5.69 Å². The van der Waals surface area contributed by atoms with Crippen LogP contribution < -0.4 is 4.90 Å². The Kier molecular flexibility index (Phi) is 4.88. The molecule has 4 heteroatoms. The van der Waals surface area contributed by atoms with Crippen molar-refractivity contribution in [2.75, 3.05) is 10.7 Å². The first kappa shape index (κ1) is 16.9. The summed E-state index contributed by atoms with van der Waals surface area (Å²) in [5.41, 5.74) is 5.37. The van der Waals surface area contributed by atoms with Crippen molar-refractivity contribution in [3.8, 4) is 0 Å². The molecule has 0 spiro atoms. The molecular formula is C20H19NOS2. The largest absolute Gasteiger partial charge is 0.269 e. The molecule has 0 bridgehead atoms. The molecule has 0 aliphatic carbocycles. The van der Waals surface area contributed by atoms with E-state index in [1.165, 1.54) is 11.1 Å². The summed E-state index contributed by atoms with van der Waals surface area (Å²) in [6.45, 7) is 6.14. The number of thioether (sulfide) groups is 1. The van der Waals surface area contributed by atoms with E-state index < -0.39 is 0 Å². The monoisotopic (exact) mass is 353 g/mol. The number of carbonyl (C=O) groups is 1. The molecule has 122 valence electrons. The fourth-order valence-electron chi connectivity index (χ4n) is 2.66. The summed E-state index contributed by atoms with van der Waals surface area (Å²) in [4.78, 5) is 16.3. The third-order valence-corrected chi connectivity index (χ3v) is 5.81. The van der Waals surface area contributed by atoms with Crippen molar-refractivity contribution in [3.63, 3.8) is 0 Å². The minimum Gasteiger partial charge on any atom is -0.269 e. The van der Waals surface area contributed by atoms with Crippen LogP contribution in [0.25, 0.3) is 5.57 Å². The van der Waals surface area contributed by atoms with Crippen LogP contribution in [0.3, 0.4) is 0 Å². The molecule has 0 fully saturated rings. The third kappa shape index (κ3) is 3.30. The van der Waals surface area contributed by atoms with E-state index >= 15 is 0 Å². The average Bonchev–Trinajstić information content (AvgIpc) is 2.57. The Labute approximate surface area is 152 Å². The van der Waals surface area contributed by atoms with Crippen LogP contribution in [0.5, 0.6) is 0 Å². The molecule has 0 radical (unpaired) electrons. The summed E-state index contributed by atoms with van der Waals surface area (Å²) in [5, 5.41) is 0. The van der Waals surface area contributed by atoms with Crippen LogP contribution in [-0.4, -0.2) is 16.6 Å². The number of nitrogens with zero attached hydrogens (tertiary/aromatic N) is 1. The Morgan fingerprint density at radius 1 is 1.17 bits per heavy atom. The molecule has 0 N–H and O–H groups in total. The summed E-state index contributed by atoms with van der Waals surface area (Å²) in [6, 6.07) is 14.2. The standard InChI is InChI=1S/C20H19NOS2/c1-13-8-9-16(10-14(13)2)15(3)11-19(22)21-17-6-4-5-7-18(17)24-12-20(21)23/h4-11H,12H2,1-3H3/b15-11+. The molecule has 2 nitrogen and oxygen atoms in total. The van der Waals surface area contributed by atoms with Gasteiger partial charge in [0.05, 0.1) is 5.69 Å². The lowest BCUT2D eigenvalue weighted by molar-refractivity contribution is -0.113. The molecule has 1 aliphatic heterocycles. The van der Waals surface area contributed by atoms with Crippen molar-refractivity contribution in [1.29, 1.82) is 0 Å². The fraction of sp³-hybridized carbons (Fsp3) is 0.200. The SMILES string of the molecule is C/C(=C\C(=O)N1C(=S)CSc2ccccc21)c1ccc(C)c(C)c1. The highest BCUT2D eigenvalue weighted by Crippen LogP contribution is 2.35. The van der Waals surface area contributed by atoms with E-state index in [4.69, 9.17) is 12.2 Å². The molecule has 2 aromatic rings. The normalized spacial score (nSPS) is 14.5. The van der Waals surface area contributed by atoms with Gasteiger partial charge >= 0.3 is 0 Å². The van der Waals surface area contributed by atoms with Gasteiger partial charge < -0.3 is 0 Å². The molecule has 2 aromatic carbocycles. The summed E-state index contributed by atoms with van der Waals surface area (Å²) in [5.74, 6) is 0.581. The van der Waals surface area contributed by atoms with E-state index in [-0.39, 0.29) is 5.91 Å². The summed E-state index contributed by atoms with van der Waals surface area (Å²) < 4.78 is 0. The van der Waals surface area contributed by atoms with Crippen molar-refractivity contribution >= 4 is 46.1 Å². The van der Waals surface area contributed by atoms with Crippen molar-refractivity contribution in [2.45, 2.75) is 25.7 Å². The van der Waals surface area contributed by atoms with Gasteiger partial charge in [-0.05, 0) is 55.2 Å². The molecular weight excluding hydrogens is 334 g/mol. The molecule has 3 rings (SSSR count). The van der Waals surface area contributed by atoms with Gasteiger partial charge in [-0.2, -0.15) is 0 Å². The predicted octanol–water partition coefficient (Wildman–Crippen LogP) is 5.17. The van der Waals surface area contributed by atoms with E-state index in [0.717, 1.165) is 21.7 Å². The molecule has 0 aromatic heterocycles. The number of para-hydroxylation sites is 1. The maximum atomic E-state index is 12.9. The van der Waals surface area contributed by atoms with Crippen molar-refractivity contribution in [1.82, 2.24) is 0 Å². The van der Waals surface area contributed by atoms with Crippen LogP contribution in [0, 0.1) is 13.8 Å². The number of hydrogen-bond donors (Lipinski definition) is 0. The van der Waals surface area contributed by atoms with Gasteiger partial charge in [0.15, 0.2) is 0 Å². The van der Waals surface area contributed by atoms with Gasteiger partial charge in [-0.1, -0.05) is 42.5 Å². The van der Waals surface area contributed by atoms with E-state index in [1.807, 2.05) is 31.2 Å². The highest BCUT2D eigenvalue weighted by atomic mass is 32.2. The lowest BCUT2D eigenvalue weighted by Gasteiger charge is -2.28. The van der Waals surface area contributed by atoms with E-state index in [1.54, 1.807) is 22.7 Å². The summed E-state index contributed by atoms with van der Waals surface area (Å²) in [6.07, 6.45) is 1.68. The maximum absolute atomic E-state index is 12.9. The number of amides is 1. The molecule has 1 aliphatic rings. The Balaban J connectivity index is 1.94. The second-order valence-electron chi connectivity index (χ2n) is 5.95. The molecule has 0 unspecified atom stereocenters. The van der Waals surface area contributed by atoms with Gasteiger partial charge in [0.2, 0.25) is 0 Å². The first-order chi connectivity index (χ1) is 11.5. The average molecular weight is 354 g/mol. The predicted molar refractivity (Wildman–Crippen MR) is 107 cm³/mol. The lowest BCUT2D eigenvalue weighted by Crippen LogP contribution is -2.38. The van der Waals surface area contributed by atoms with Crippen molar-refractivity contribution in [2.24, 2.45) is 0 Å². The van der Waals surface area contributed by atoms with E-state index in [0.29, 0.717) is 10.7 Å². The number of aryl methyl sites for hydroxylation is 2. The van der Waals surface area contributed by atoms with Crippen LogP contribution >= 0.6 is 24.0 Å². The van der Waals surface area contributed by atoms with Crippen LogP contribution in [-0.2, 0) is 4.79 Å². The van der Waals surface area contributed by atoms with E-state index in [2.05, 4.69) is 32.0 Å². The Bertz CT molecular complexity index is 854. The van der Waals surface area contributed by atoms with Crippen LogP contribution in [0.2, 0.25) is 0 Å². The Morgan fingerprint density at radius 3 is 2.67 bits per heavy atom. The zero-order valence-electron chi connectivity index (χ0n) is 14.0. The van der Waals surface area contributed by atoms with Crippen LogP contribution in [0.1, 0.15) is 23.6 Å². The van der Waals surface area contributed by atoms with Gasteiger partial charge in [-0.25, -0.2) is 0 Å². The molecule has 0 saturated carbocycles. The second kappa shape index (κ2) is 6.91. The number of thiocarbonyl (C=S) groups is 1. The first-order valence-corrected chi connectivity index (χ1v) is 9.21. The number of benzene rings is 2. The highest BCUT2D eigenvalue weighted by Gasteiger charge is 2.26. The minimum absolute atomic E-state index is 0.0801. The fourth-order valence-corrected chi connectivity index (χ4v) is 3.92. The van der Waals surface area contributed by atoms with Gasteiger partial charge in [0.25, 0.3) is 5.91 Å². The zero-order chi connectivity index (χ0) is 17.3. The lowest BCUT2D eigenvalue weighted by atomic mass is 10.0. The van der Waals surface area contributed by atoms with Gasteiger partial charge in [0, 0.05) is 16.7 Å². The Morgan fingerprint density at radius 2 is 1.92 bits per heavy atom. The number of rotatable bonds is 2. The first-order valence-electron chi connectivity index (χ1n) is 7.82. The number of carbonyl (C=O) groups excluding carboxylic acids is 1. The Hall–Kier alpha value is -1.91. The number of hydrogen-bond acceptors (Lipinski definition) is 3. The highest BCUT2D eigenvalue weighted by molar-refractivity contribution is 8.01. The molecule has 1 amide bonds.